The van der Waals surface area contributed by atoms with Gasteiger partial charge >= 0.3 is 0 Å². The van der Waals surface area contributed by atoms with Crippen molar-refractivity contribution in [1.82, 2.24) is 94.7 Å². The molecule has 22 heteroatoms. The fourth-order valence-corrected chi connectivity index (χ4v) is 7.47. The predicted molar refractivity (Wildman–Crippen MR) is 525 cm³/mol. The van der Waals surface area contributed by atoms with Crippen molar-refractivity contribution in [3.05, 3.63) is 426 Å². The maximum absolute atomic E-state index is 8.34. The van der Waals surface area contributed by atoms with E-state index in [0.29, 0.717) is 11.6 Å². The number of para-hydroxylation sites is 1. The lowest BCUT2D eigenvalue weighted by atomic mass is 10.2. The van der Waals surface area contributed by atoms with Crippen LogP contribution in [0.3, 0.4) is 0 Å². The second-order valence-corrected chi connectivity index (χ2v) is 19.6. The zero-order chi connectivity index (χ0) is 94.2. The van der Waals surface area contributed by atoms with Crippen LogP contribution in [0.5, 0.6) is 0 Å². The van der Waals surface area contributed by atoms with Crippen LogP contribution in [0.1, 0.15) is 156 Å². The number of pyridine rings is 9. The summed E-state index contributed by atoms with van der Waals surface area (Å²) in [4.78, 5) is 80.3. The van der Waals surface area contributed by atoms with E-state index in [1.807, 2.05) is 377 Å². The summed E-state index contributed by atoms with van der Waals surface area (Å²) in [5.74, 6) is 3.18. The van der Waals surface area contributed by atoms with Crippen LogP contribution in [-0.2, 0) is 0 Å². The molecule has 17 rings (SSSR count). The standard InChI is InChI=1S/C16H13N3.2C9H7N.C8H6N2.C7H3N3.4C5H5N.C4H5N3.2C4H4N2.C2H3N.10C2H6/c1-12-17-15(13-8-4-2-5-9-13)19-16(18-12)14-10-6-3-7-11-14;1-2-6-9-8(4-1)5-3-7-10-9;1-2-4-9-7-10-6-5-8(9)3-1;1-3-7-4-2-6-10-8(7)9-5-1;1-9-7-4-2-3-6(5-8)10-7;4*1-2-4-6-5-3-1;1-4-6-2-5-3-7-4;1-2-6-4-3-5-1;1-2-5-4-6-3-1;1-3-2;10*1-2/h2-11H,1H3;2*1-7H;1-6H;2-4H;4*1-5H;2-3H,1H3;2*1-4H;1H3;10*1-2H3. The van der Waals surface area contributed by atoms with Crippen molar-refractivity contribution < 1.29 is 0 Å². The maximum Gasteiger partial charge on any atom is 0.270 e. The van der Waals surface area contributed by atoms with Gasteiger partial charge in [-0.15, -0.1) is 4.98 Å². The van der Waals surface area contributed by atoms with Crippen molar-refractivity contribution in [1.29, 1.82) is 5.26 Å². The van der Waals surface area contributed by atoms with Crippen LogP contribution in [0.2, 0.25) is 0 Å². The molecule has 0 N–H and O–H groups in total. The Labute approximate surface area is 748 Å². The number of benzene rings is 4. The molecule has 0 radical (unpaired) electrons. The molecule has 0 bridgehead atoms. The van der Waals surface area contributed by atoms with Gasteiger partial charge in [-0.3, -0.25) is 39.9 Å². The van der Waals surface area contributed by atoms with E-state index in [9.17, 15) is 0 Å². The van der Waals surface area contributed by atoms with E-state index >= 15 is 0 Å². The van der Waals surface area contributed by atoms with Crippen LogP contribution in [0.4, 0.5) is 5.82 Å². The van der Waals surface area contributed by atoms with Gasteiger partial charge in [0.25, 0.3) is 5.82 Å². The molecule has 0 aliphatic carbocycles. The summed E-state index contributed by atoms with van der Waals surface area (Å²) < 4.78 is 0. The summed E-state index contributed by atoms with van der Waals surface area (Å²) in [5.41, 5.74) is 4.17. The van der Waals surface area contributed by atoms with Crippen molar-refractivity contribution in [3.63, 3.8) is 0 Å². The topological polar surface area (TPSA) is 277 Å². The van der Waals surface area contributed by atoms with Crippen molar-refractivity contribution in [2.45, 2.75) is 152 Å². The number of nitrogens with zero attached hydrogens (tertiary/aromatic N) is 22. The summed E-state index contributed by atoms with van der Waals surface area (Å²) >= 11 is 0. The first-order valence-corrected chi connectivity index (χ1v) is 41.9. The SMILES string of the molecule is CC.CC.CC.CC.CC.CC.CC.CC.CC.CC.Cc1nc(-c2ccccc2)nc(-c2ccccc2)n1.Cc1ncncn1.[C-]#[N+]C.[C-]#[N+]c1cccc(C#N)n1.c1ccc2cnccc2c1.c1ccc2ncccc2c1.c1ccncc1.c1ccncc1.c1ccncc1.c1ccncc1.c1cnc2ncccc2c1.c1cnccn1.c1cncnc1. The van der Waals surface area contributed by atoms with E-state index in [1.165, 1.54) is 42.2 Å². The maximum atomic E-state index is 8.34. The average Bonchev–Trinajstić information content (AvgIpc) is 0.831. The Morgan fingerprint density at radius 2 is 0.600 bits per heavy atom. The Balaban J connectivity index is -0.000000307. The van der Waals surface area contributed by atoms with Gasteiger partial charge in [-0.25, -0.2) is 56.4 Å². The zero-order valence-corrected chi connectivity index (χ0v) is 77.7. The Kier molecular flexibility index (Phi) is 97.4. The van der Waals surface area contributed by atoms with Gasteiger partial charge in [0, 0.05) is 140 Å². The third-order valence-electron chi connectivity index (χ3n) is 12.1. The monoisotopic (exact) mass is 1680 g/mol. The molecular weight excluding hydrogens is 1550 g/mol. The molecule has 0 saturated heterocycles. The number of hydrogen-bond donors (Lipinski definition) is 0. The van der Waals surface area contributed by atoms with Crippen molar-refractivity contribution in [2.75, 3.05) is 7.05 Å². The van der Waals surface area contributed by atoms with E-state index in [-0.39, 0.29) is 11.5 Å². The Hall–Kier alpha value is -15.3. The first-order valence-electron chi connectivity index (χ1n) is 41.9. The lowest BCUT2D eigenvalue weighted by Gasteiger charge is -2.05. The summed E-state index contributed by atoms with van der Waals surface area (Å²) in [5, 5.41) is 13.1. The zero-order valence-electron chi connectivity index (χ0n) is 77.7. The predicted octanol–water partition coefficient (Wildman–Crippen LogP) is 27.4. The highest BCUT2D eigenvalue weighted by Crippen LogP contribution is 2.20. The highest BCUT2D eigenvalue weighted by Gasteiger charge is 2.07. The van der Waals surface area contributed by atoms with Crippen molar-refractivity contribution in [3.8, 4) is 28.8 Å². The largest absolute Gasteiger partial charge is 0.361 e. The Morgan fingerprint density at radius 1 is 0.256 bits per heavy atom. The highest BCUT2D eigenvalue weighted by molar-refractivity contribution is 5.81. The van der Waals surface area contributed by atoms with E-state index < -0.39 is 0 Å². The molecule has 13 aromatic heterocycles. The van der Waals surface area contributed by atoms with Crippen LogP contribution < -0.4 is 0 Å². The van der Waals surface area contributed by atoms with Crippen molar-refractivity contribution in [2.24, 2.45) is 0 Å². The van der Waals surface area contributed by atoms with Gasteiger partial charge in [0.2, 0.25) is 12.7 Å². The normalized spacial score (nSPS) is 7.94. The minimum atomic E-state index is 0.263. The summed E-state index contributed by atoms with van der Waals surface area (Å²) in [6.45, 7) is 56.1. The molecule has 0 amide bonds. The number of rotatable bonds is 2. The van der Waals surface area contributed by atoms with Gasteiger partial charge < -0.3 is 9.69 Å². The molecule has 0 saturated carbocycles. The lowest BCUT2D eigenvalue weighted by Crippen LogP contribution is -1.99. The Bertz CT molecular complexity index is 4190. The molecule has 0 aliphatic heterocycles. The fraction of sp³-hybridized carbons (Fsp3) is 0.223. The molecule has 0 unspecified atom stereocenters. The van der Waals surface area contributed by atoms with Gasteiger partial charge in [-0.2, -0.15) is 5.26 Å². The molecule has 22 nitrogen and oxygen atoms in total. The third kappa shape index (κ3) is 70.2. The minimum absolute atomic E-state index is 0.263. The second kappa shape index (κ2) is 101. The van der Waals surface area contributed by atoms with Crippen LogP contribution in [0.15, 0.2) is 385 Å². The first-order chi connectivity index (χ1) is 61.9. The molecule has 0 atom stereocenters. The van der Waals surface area contributed by atoms with Crippen LogP contribution in [-0.4, -0.2) is 102 Å². The number of hydrogen-bond acceptors (Lipinski definition) is 20. The quantitative estimate of drug-likeness (QED) is 0.145. The number of aromatic nitrogens is 19. The molecule has 13 heterocycles. The molecule has 125 heavy (non-hydrogen) atoms. The van der Waals surface area contributed by atoms with E-state index in [0.717, 1.165) is 39.3 Å². The van der Waals surface area contributed by atoms with Gasteiger partial charge in [-0.1, -0.05) is 285 Å². The fourth-order valence-electron chi connectivity index (χ4n) is 7.47. The van der Waals surface area contributed by atoms with Crippen LogP contribution in [0.25, 0.3) is 65.2 Å². The summed E-state index contributed by atoms with van der Waals surface area (Å²) in [7, 11) is 1.42. The minimum Gasteiger partial charge on any atom is -0.361 e. The molecular formula is C103H132N22. The summed E-state index contributed by atoms with van der Waals surface area (Å²) in [6.07, 6.45) is 37.4. The lowest BCUT2D eigenvalue weighted by molar-refractivity contribution is 0.974. The third-order valence-corrected chi connectivity index (χ3v) is 12.1. The number of aryl methyl sites for hydroxylation is 2. The van der Waals surface area contributed by atoms with E-state index in [1.54, 1.807) is 123 Å². The van der Waals surface area contributed by atoms with Gasteiger partial charge in [0.15, 0.2) is 17.3 Å². The number of nitriles is 1. The first kappa shape index (κ1) is 120. The summed E-state index contributed by atoms with van der Waals surface area (Å²) in [6, 6.07) is 81.2. The highest BCUT2D eigenvalue weighted by atomic mass is 15.0. The van der Waals surface area contributed by atoms with Crippen LogP contribution >= 0.6 is 0 Å². The molecule has 0 spiro atoms. The average molecular weight is 1680 g/mol. The van der Waals surface area contributed by atoms with Crippen molar-refractivity contribution >= 4 is 38.5 Å². The van der Waals surface area contributed by atoms with E-state index in [4.69, 9.17) is 18.4 Å². The van der Waals surface area contributed by atoms with Gasteiger partial charge in [-0.05, 0) is 134 Å². The van der Waals surface area contributed by atoms with Gasteiger partial charge in [0.1, 0.15) is 36.7 Å². The molecule has 17 aromatic rings. The number of fused-ring (bicyclic) bond motifs is 3. The molecule has 0 aliphatic rings. The molecule has 654 valence electrons. The van der Waals surface area contributed by atoms with E-state index in [2.05, 4.69) is 129 Å². The van der Waals surface area contributed by atoms with Gasteiger partial charge in [0.05, 0.1) is 5.52 Å². The van der Waals surface area contributed by atoms with Crippen LogP contribution in [0, 0.1) is 38.3 Å². The Morgan fingerprint density at radius 3 is 0.912 bits per heavy atom. The second-order valence-electron chi connectivity index (χ2n) is 19.6. The molecule has 0 fully saturated rings. The molecule has 4 aromatic carbocycles. The smallest absolute Gasteiger partial charge is 0.270 e.